The fraction of sp³-hybridized carbons (Fsp3) is 0.800. The maximum Gasteiger partial charge on any atom is 0.113 e. The second-order valence-corrected chi connectivity index (χ2v) is 7.62. The van der Waals surface area contributed by atoms with Gasteiger partial charge in [0, 0.05) is 10.9 Å². The molecule has 2 saturated carbocycles. The maximum atomic E-state index is 4.83. The number of nitrogens with one attached hydrogen (secondary N) is 1. The molecule has 3 heteroatoms. The van der Waals surface area contributed by atoms with Crippen LogP contribution in [0.3, 0.4) is 0 Å². The van der Waals surface area contributed by atoms with Crippen LogP contribution in [0, 0.1) is 19.8 Å². The molecule has 0 radical (unpaired) electrons. The summed E-state index contributed by atoms with van der Waals surface area (Å²) in [5, 5.41) is 5.19. The zero-order chi connectivity index (χ0) is 12.8. The molecule has 1 aromatic rings. The molecule has 2 aliphatic rings. The predicted molar refractivity (Wildman–Crippen MR) is 77.1 cm³/mol. The van der Waals surface area contributed by atoms with Gasteiger partial charge in [0.05, 0.1) is 11.2 Å². The van der Waals surface area contributed by atoms with Gasteiger partial charge in [0.1, 0.15) is 5.01 Å². The Bertz CT molecular complexity index is 412. The Labute approximate surface area is 114 Å². The molecule has 2 aliphatic carbocycles. The summed E-state index contributed by atoms with van der Waals surface area (Å²) in [5.74, 6) is 0.922. The van der Waals surface area contributed by atoms with Crippen molar-refractivity contribution in [3.63, 3.8) is 0 Å². The molecule has 0 saturated heterocycles. The van der Waals surface area contributed by atoms with Crippen LogP contribution in [-0.4, -0.2) is 11.0 Å². The molecule has 0 bridgehead atoms. The monoisotopic (exact) mass is 264 g/mol. The molecule has 3 rings (SSSR count). The largest absolute Gasteiger partial charge is 0.303 e. The first-order chi connectivity index (χ1) is 8.57. The highest BCUT2D eigenvalue weighted by molar-refractivity contribution is 7.11. The number of rotatable bonds is 5. The van der Waals surface area contributed by atoms with Gasteiger partial charge in [-0.05, 0) is 46.0 Å². The Balaban J connectivity index is 1.81. The Morgan fingerprint density at radius 3 is 2.44 bits per heavy atom. The Kier molecular flexibility index (Phi) is 3.23. The normalized spacial score (nSPS) is 23.7. The van der Waals surface area contributed by atoms with Crippen LogP contribution in [0.1, 0.15) is 61.0 Å². The number of nitrogens with zero attached hydrogens (tertiary/aromatic N) is 1. The second kappa shape index (κ2) is 4.61. The third-order valence-electron chi connectivity index (χ3n) is 4.52. The maximum absolute atomic E-state index is 4.83. The quantitative estimate of drug-likeness (QED) is 0.872. The van der Waals surface area contributed by atoms with Crippen molar-refractivity contribution in [1.82, 2.24) is 10.3 Å². The summed E-state index contributed by atoms with van der Waals surface area (Å²) < 4.78 is 0. The first-order valence-corrected chi connectivity index (χ1v) is 8.11. The molecule has 18 heavy (non-hydrogen) atoms. The van der Waals surface area contributed by atoms with Crippen LogP contribution in [-0.2, 0) is 5.54 Å². The smallest absolute Gasteiger partial charge is 0.113 e. The van der Waals surface area contributed by atoms with E-state index in [0.717, 1.165) is 12.0 Å². The molecule has 1 aromatic heterocycles. The molecule has 0 aliphatic heterocycles. The van der Waals surface area contributed by atoms with Crippen molar-refractivity contribution in [3.8, 4) is 0 Å². The lowest BCUT2D eigenvalue weighted by Gasteiger charge is -2.36. The van der Waals surface area contributed by atoms with Crippen molar-refractivity contribution in [3.05, 3.63) is 15.6 Å². The molecule has 0 amide bonds. The van der Waals surface area contributed by atoms with E-state index < -0.39 is 0 Å². The predicted octanol–water partition coefficient (Wildman–Crippen LogP) is 3.92. The molecule has 2 fully saturated rings. The first kappa shape index (κ1) is 12.6. The van der Waals surface area contributed by atoms with Crippen LogP contribution in [0.15, 0.2) is 0 Å². The molecule has 0 aromatic carbocycles. The lowest BCUT2D eigenvalue weighted by molar-refractivity contribution is 0.201. The van der Waals surface area contributed by atoms with E-state index in [0.29, 0.717) is 0 Å². The second-order valence-electron chi connectivity index (χ2n) is 6.41. The minimum Gasteiger partial charge on any atom is -0.303 e. The van der Waals surface area contributed by atoms with Crippen LogP contribution in [0.25, 0.3) is 0 Å². The van der Waals surface area contributed by atoms with E-state index in [-0.39, 0.29) is 5.54 Å². The van der Waals surface area contributed by atoms with E-state index in [1.807, 2.05) is 11.3 Å². The van der Waals surface area contributed by atoms with Gasteiger partial charge in [-0.15, -0.1) is 11.3 Å². The summed E-state index contributed by atoms with van der Waals surface area (Å²) in [6.45, 7) is 6.70. The summed E-state index contributed by atoms with van der Waals surface area (Å²) in [5.41, 5.74) is 1.34. The molecular weight excluding hydrogens is 240 g/mol. The van der Waals surface area contributed by atoms with E-state index >= 15 is 0 Å². The molecule has 1 atom stereocenters. The van der Waals surface area contributed by atoms with Crippen molar-refractivity contribution in [1.29, 1.82) is 0 Å². The number of hydrogen-bond donors (Lipinski definition) is 1. The van der Waals surface area contributed by atoms with Crippen molar-refractivity contribution in [2.24, 2.45) is 5.92 Å². The van der Waals surface area contributed by atoms with Gasteiger partial charge in [0.25, 0.3) is 0 Å². The van der Waals surface area contributed by atoms with Crippen molar-refractivity contribution in [2.75, 3.05) is 0 Å². The van der Waals surface area contributed by atoms with E-state index in [1.54, 1.807) is 0 Å². The van der Waals surface area contributed by atoms with Crippen molar-refractivity contribution in [2.45, 2.75) is 70.9 Å². The fourth-order valence-electron chi connectivity index (χ4n) is 2.87. The molecule has 1 heterocycles. The van der Waals surface area contributed by atoms with Gasteiger partial charge in [-0.3, -0.25) is 0 Å². The van der Waals surface area contributed by atoms with Crippen LogP contribution in [0.2, 0.25) is 0 Å². The third kappa shape index (κ3) is 2.48. The molecule has 100 valence electrons. The van der Waals surface area contributed by atoms with Crippen LogP contribution in [0.4, 0.5) is 0 Å². The summed E-state index contributed by atoms with van der Waals surface area (Å²) in [4.78, 5) is 6.21. The molecule has 1 N–H and O–H groups in total. The number of aromatic nitrogens is 1. The summed E-state index contributed by atoms with van der Waals surface area (Å²) >= 11 is 1.89. The molecule has 1 unspecified atom stereocenters. The van der Waals surface area contributed by atoms with E-state index in [9.17, 15) is 0 Å². The minimum atomic E-state index is 0.121. The lowest BCUT2D eigenvalue weighted by Crippen LogP contribution is -2.43. The third-order valence-corrected chi connectivity index (χ3v) is 5.86. The van der Waals surface area contributed by atoms with E-state index in [2.05, 4.69) is 26.1 Å². The summed E-state index contributed by atoms with van der Waals surface area (Å²) in [7, 11) is 0. The highest BCUT2D eigenvalue weighted by Crippen LogP contribution is 2.41. The van der Waals surface area contributed by atoms with Crippen LogP contribution in [0.5, 0.6) is 0 Å². The number of hydrogen-bond acceptors (Lipinski definition) is 3. The fourth-order valence-corrected chi connectivity index (χ4v) is 3.90. The van der Waals surface area contributed by atoms with Gasteiger partial charge in [0.2, 0.25) is 0 Å². The van der Waals surface area contributed by atoms with Gasteiger partial charge in [0.15, 0.2) is 0 Å². The zero-order valence-corrected chi connectivity index (χ0v) is 12.6. The van der Waals surface area contributed by atoms with E-state index in [4.69, 9.17) is 4.98 Å². The standard InChI is InChI=1S/C15H24N2S/c1-10-11(2)18-14(16-10)15(3,17-13-7-8-13)9-12-5-4-6-12/h12-13,17H,4-9H2,1-3H3. The van der Waals surface area contributed by atoms with E-state index in [1.165, 1.54) is 54.1 Å². The van der Waals surface area contributed by atoms with Gasteiger partial charge >= 0.3 is 0 Å². The first-order valence-electron chi connectivity index (χ1n) is 7.29. The number of aryl methyl sites for hydroxylation is 2. The topological polar surface area (TPSA) is 24.9 Å². The molecule has 2 nitrogen and oxygen atoms in total. The van der Waals surface area contributed by atoms with Gasteiger partial charge < -0.3 is 5.32 Å². The van der Waals surface area contributed by atoms with Crippen LogP contribution < -0.4 is 5.32 Å². The Morgan fingerprint density at radius 2 is 2.00 bits per heavy atom. The van der Waals surface area contributed by atoms with Crippen LogP contribution >= 0.6 is 11.3 Å². The van der Waals surface area contributed by atoms with Gasteiger partial charge in [-0.25, -0.2) is 4.98 Å². The SMILES string of the molecule is Cc1nc(C(C)(CC2CCC2)NC2CC2)sc1C. The Hall–Kier alpha value is -0.410. The average Bonchev–Trinajstić information content (AvgIpc) is 3.00. The summed E-state index contributed by atoms with van der Waals surface area (Å²) in [6, 6.07) is 0.750. The summed E-state index contributed by atoms with van der Waals surface area (Å²) in [6.07, 6.45) is 8.25. The average molecular weight is 264 g/mol. The lowest BCUT2D eigenvalue weighted by atomic mass is 9.76. The van der Waals surface area contributed by atoms with Crippen molar-refractivity contribution < 1.29 is 0 Å². The Morgan fingerprint density at radius 1 is 1.28 bits per heavy atom. The van der Waals surface area contributed by atoms with Gasteiger partial charge in [-0.2, -0.15) is 0 Å². The molecular formula is C15H24N2S. The van der Waals surface area contributed by atoms with Gasteiger partial charge in [-0.1, -0.05) is 19.3 Å². The zero-order valence-electron chi connectivity index (χ0n) is 11.8. The molecule has 0 spiro atoms. The van der Waals surface area contributed by atoms with Crippen molar-refractivity contribution >= 4 is 11.3 Å². The highest BCUT2D eigenvalue weighted by Gasteiger charge is 2.39. The highest BCUT2D eigenvalue weighted by atomic mass is 32.1. The minimum absolute atomic E-state index is 0.121. The number of thiazole rings is 1.